The fourth-order valence-corrected chi connectivity index (χ4v) is 12.0. The van der Waals surface area contributed by atoms with Gasteiger partial charge in [-0.05, 0) is 88.0 Å². The zero-order chi connectivity index (χ0) is 48.9. The van der Waals surface area contributed by atoms with Crippen LogP contribution in [0, 0.1) is 0 Å². The first-order chi connectivity index (χ1) is 35.1. The molecule has 0 fully saturated rings. The molecule has 0 bridgehead atoms. The standard InChI is InChI=1S/C63H51N9/c1-61(2)40-22-7-13-28-46(40)70(47-29-14-8-23-41(47)61)55-52(58-64-34-19-35-65-58)56(71-48-30-15-9-24-42(48)62(3,4)43-25-10-16-31-49(43)71)54(60-68-38-21-39-69-60)57(53(55)59-66-36-20-37-67-59)72-50-32-17-11-26-44(50)63(5,6)45-27-12-18-33-51(45)72/h7-39H,1-6H3. The lowest BCUT2D eigenvalue weighted by molar-refractivity contribution is 0.631. The summed E-state index contributed by atoms with van der Waals surface area (Å²) in [7, 11) is 0. The Kier molecular flexibility index (Phi) is 9.67. The fourth-order valence-electron chi connectivity index (χ4n) is 12.0. The molecule has 0 N–H and O–H groups in total. The van der Waals surface area contributed by atoms with Crippen LogP contribution in [0.25, 0.3) is 34.2 Å². The molecule has 9 nitrogen and oxygen atoms in total. The molecular weight excluding hydrogens is 883 g/mol. The zero-order valence-electron chi connectivity index (χ0n) is 41.1. The molecule has 3 aromatic heterocycles. The summed E-state index contributed by atoms with van der Waals surface area (Å²) in [5, 5.41) is 0. The summed E-state index contributed by atoms with van der Waals surface area (Å²) in [6, 6.07) is 58.4. The van der Waals surface area contributed by atoms with Crippen molar-refractivity contribution in [2.75, 3.05) is 14.7 Å². The van der Waals surface area contributed by atoms with Gasteiger partial charge in [-0.2, -0.15) is 0 Å². The van der Waals surface area contributed by atoms with E-state index < -0.39 is 0 Å². The van der Waals surface area contributed by atoms with Gasteiger partial charge < -0.3 is 14.7 Å². The number of aromatic nitrogens is 6. The Labute approximate surface area is 420 Å². The van der Waals surface area contributed by atoms with Crippen molar-refractivity contribution >= 4 is 51.2 Å². The average Bonchev–Trinajstić information content (AvgIpc) is 3.42. The lowest BCUT2D eigenvalue weighted by Gasteiger charge is -2.47. The fraction of sp³-hybridized carbons (Fsp3) is 0.143. The Morgan fingerprint density at radius 3 is 0.625 bits per heavy atom. The zero-order valence-corrected chi connectivity index (χ0v) is 41.1. The van der Waals surface area contributed by atoms with Crippen LogP contribution in [0.3, 0.4) is 0 Å². The van der Waals surface area contributed by atoms with Gasteiger partial charge in [0.15, 0.2) is 17.5 Å². The summed E-state index contributed by atoms with van der Waals surface area (Å²) in [5.74, 6) is 1.55. The van der Waals surface area contributed by atoms with Gasteiger partial charge in [0.1, 0.15) is 0 Å². The molecule has 0 aliphatic carbocycles. The van der Waals surface area contributed by atoms with Crippen molar-refractivity contribution in [1.82, 2.24) is 29.9 Å². The first-order valence-electron chi connectivity index (χ1n) is 24.6. The third kappa shape index (κ3) is 6.19. The molecule has 348 valence electrons. The minimum absolute atomic E-state index is 0.368. The Morgan fingerprint density at radius 1 is 0.250 bits per heavy atom. The predicted molar refractivity (Wildman–Crippen MR) is 290 cm³/mol. The molecular formula is C63H51N9. The highest BCUT2D eigenvalue weighted by molar-refractivity contribution is 6.17. The molecule has 10 aromatic rings. The van der Waals surface area contributed by atoms with E-state index in [-0.39, 0.29) is 16.2 Å². The van der Waals surface area contributed by atoms with Gasteiger partial charge in [0.25, 0.3) is 0 Å². The molecule has 0 unspecified atom stereocenters. The molecule has 0 spiro atoms. The highest BCUT2D eigenvalue weighted by Gasteiger charge is 2.47. The summed E-state index contributed by atoms with van der Waals surface area (Å²) < 4.78 is 0. The average molecular weight is 934 g/mol. The summed E-state index contributed by atoms with van der Waals surface area (Å²) in [5.41, 5.74) is 16.8. The lowest BCUT2D eigenvalue weighted by Crippen LogP contribution is -2.34. The molecule has 72 heavy (non-hydrogen) atoms. The Morgan fingerprint density at radius 2 is 0.431 bits per heavy atom. The highest BCUT2D eigenvalue weighted by atomic mass is 15.2. The van der Waals surface area contributed by atoms with Crippen LogP contribution in [0.4, 0.5) is 51.2 Å². The molecule has 0 radical (unpaired) electrons. The second-order valence-corrected chi connectivity index (χ2v) is 20.4. The van der Waals surface area contributed by atoms with Crippen LogP contribution in [0.15, 0.2) is 201 Å². The van der Waals surface area contributed by atoms with E-state index in [1.807, 2.05) is 55.4 Å². The van der Waals surface area contributed by atoms with E-state index in [0.717, 1.165) is 67.9 Å². The van der Waals surface area contributed by atoms with Gasteiger partial charge in [-0.15, -0.1) is 0 Å². The number of hydrogen-bond donors (Lipinski definition) is 0. The third-order valence-electron chi connectivity index (χ3n) is 15.4. The predicted octanol–water partition coefficient (Wildman–Crippen LogP) is 15.4. The summed E-state index contributed by atoms with van der Waals surface area (Å²) >= 11 is 0. The van der Waals surface area contributed by atoms with Crippen LogP contribution >= 0.6 is 0 Å². The number of nitrogens with zero attached hydrogens (tertiary/aromatic N) is 9. The van der Waals surface area contributed by atoms with Gasteiger partial charge in [-0.1, -0.05) is 151 Å². The minimum Gasteiger partial charge on any atom is -0.308 e. The largest absolute Gasteiger partial charge is 0.308 e. The highest BCUT2D eigenvalue weighted by Crippen LogP contribution is 2.66. The van der Waals surface area contributed by atoms with E-state index in [0.29, 0.717) is 17.5 Å². The summed E-state index contributed by atoms with van der Waals surface area (Å²) in [6.45, 7) is 13.9. The van der Waals surface area contributed by atoms with Crippen molar-refractivity contribution in [3.63, 3.8) is 0 Å². The monoisotopic (exact) mass is 933 g/mol. The van der Waals surface area contributed by atoms with Crippen molar-refractivity contribution in [3.05, 3.63) is 234 Å². The van der Waals surface area contributed by atoms with E-state index in [9.17, 15) is 0 Å². The molecule has 3 aliphatic rings. The molecule has 3 aliphatic heterocycles. The van der Waals surface area contributed by atoms with Crippen molar-refractivity contribution in [2.24, 2.45) is 0 Å². The number of rotatable bonds is 6. The van der Waals surface area contributed by atoms with Crippen LogP contribution < -0.4 is 14.7 Å². The SMILES string of the molecule is CC1(C)c2ccccc2N(c2c(-c3ncccn3)c(N3c4ccccc4C(C)(C)c4ccccc43)c(-c3ncccn3)c(N3c4ccccc4C(C)(C)c4ccccc43)c2-c2ncccn2)c2ccccc21. The lowest BCUT2D eigenvalue weighted by atomic mass is 9.72. The van der Waals surface area contributed by atoms with E-state index in [1.54, 1.807) is 0 Å². The van der Waals surface area contributed by atoms with Gasteiger partial charge in [-0.3, -0.25) is 0 Å². The molecule has 7 aromatic carbocycles. The normalized spacial score (nSPS) is 15.3. The molecule has 0 atom stereocenters. The topological polar surface area (TPSA) is 87.1 Å². The van der Waals surface area contributed by atoms with E-state index in [1.165, 1.54) is 33.4 Å². The minimum atomic E-state index is -0.368. The quantitative estimate of drug-likeness (QED) is 0.162. The second-order valence-electron chi connectivity index (χ2n) is 20.4. The van der Waals surface area contributed by atoms with Crippen molar-refractivity contribution < 1.29 is 0 Å². The van der Waals surface area contributed by atoms with Gasteiger partial charge in [-0.25, -0.2) is 29.9 Å². The second kappa shape index (κ2) is 16.1. The van der Waals surface area contributed by atoms with Crippen LogP contribution in [-0.4, -0.2) is 29.9 Å². The molecule has 0 saturated heterocycles. The molecule has 13 rings (SSSR count). The Hall–Kier alpha value is -8.82. The van der Waals surface area contributed by atoms with Gasteiger partial charge >= 0.3 is 0 Å². The van der Waals surface area contributed by atoms with Crippen molar-refractivity contribution in [1.29, 1.82) is 0 Å². The number of fused-ring (bicyclic) bond motifs is 6. The van der Waals surface area contributed by atoms with Gasteiger partial charge in [0.05, 0.1) is 67.9 Å². The Bertz CT molecular complexity index is 3200. The van der Waals surface area contributed by atoms with E-state index >= 15 is 0 Å². The summed E-state index contributed by atoms with van der Waals surface area (Å²) in [6.07, 6.45) is 11.0. The van der Waals surface area contributed by atoms with Crippen LogP contribution in [-0.2, 0) is 16.2 Å². The third-order valence-corrected chi connectivity index (χ3v) is 15.4. The number of anilines is 9. The van der Waals surface area contributed by atoms with Gasteiger partial charge in [0.2, 0.25) is 0 Å². The molecule has 6 heterocycles. The first kappa shape index (κ1) is 43.2. The maximum absolute atomic E-state index is 5.28. The van der Waals surface area contributed by atoms with Crippen LogP contribution in [0.2, 0.25) is 0 Å². The first-order valence-corrected chi connectivity index (χ1v) is 24.6. The summed E-state index contributed by atoms with van der Waals surface area (Å²) in [4.78, 5) is 39.0. The smallest absolute Gasteiger partial charge is 0.163 e. The molecule has 0 amide bonds. The maximum atomic E-state index is 5.28. The Balaban J connectivity index is 1.36. The number of benzene rings is 7. The number of para-hydroxylation sites is 6. The van der Waals surface area contributed by atoms with E-state index in [4.69, 9.17) is 29.9 Å². The number of hydrogen-bond acceptors (Lipinski definition) is 9. The van der Waals surface area contributed by atoms with Crippen molar-refractivity contribution in [3.8, 4) is 34.2 Å². The van der Waals surface area contributed by atoms with Crippen LogP contribution in [0.5, 0.6) is 0 Å². The molecule has 9 heteroatoms. The van der Waals surface area contributed by atoms with Crippen LogP contribution in [0.1, 0.15) is 74.9 Å². The molecule has 0 saturated carbocycles. The van der Waals surface area contributed by atoms with E-state index in [2.05, 4.69) is 202 Å². The maximum Gasteiger partial charge on any atom is 0.163 e. The van der Waals surface area contributed by atoms with Gasteiger partial charge in [0, 0.05) is 53.4 Å². The van der Waals surface area contributed by atoms with Crippen molar-refractivity contribution in [2.45, 2.75) is 57.8 Å².